The van der Waals surface area contributed by atoms with Crippen molar-refractivity contribution >= 4 is 51.0 Å². The number of amides is 3. The molecule has 3 N–H and O–H groups in total. The summed E-state index contributed by atoms with van der Waals surface area (Å²) in [7, 11) is 0. The van der Waals surface area contributed by atoms with E-state index in [9.17, 15) is 14.4 Å². The summed E-state index contributed by atoms with van der Waals surface area (Å²) in [6, 6.07) is 14.6. The molecule has 2 aromatic carbocycles. The van der Waals surface area contributed by atoms with Crippen molar-refractivity contribution in [2.24, 2.45) is 11.8 Å². The maximum absolute atomic E-state index is 12.5. The summed E-state index contributed by atoms with van der Waals surface area (Å²) in [6.07, 6.45) is 1.06. The number of carbonyl (C=O) groups excluding carboxylic acids is 3. The highest BCUT2D eigenvalue weighted by Gasteiger charge is 2.34. The minimum absolute atomic E-state index is 0.0535. The zero-order valence-electron chi connectivity index (χ0n) is 19.7. The van der Waals surface area contributed by atoms with E-state index < -0.39 is 11.8 Å². The molecule has 1 unspecified atom stereocenters. The molecule has 0 radical (unpaired) electrons. The molecule has 2 aromatic rings. The van der Waals surface area contributed by atoms with Crippen LogP contribution in [0.3, 0.4) is 0 Å². The van der Waals surface area contributed by atoms with Gasteiger partial charge in [-0.05, 0) is 64.2 Å². The average molecular weight is 562 g/mol. The van der Waals surface area contributed by atoms with Gasteiger partial charge in [-0.15, -0.1) is 0 Å². The summed E-state index contributed by atoms with van der Waals surface area (Å²) < 4.78 is 6.39. The molecule has 1 saturated heterocycles. The van der Waals surface area contributed by atoms with Crippen LogP contribution in [0.15, 0.2) is 53.0 Å². The fraction of sp³-hybridized carbons (Fsp3) is 0.360. The summed E-state index contributed by atoms with van der Waals surface area (Å²) in [6.45, 7) is 5.62. The molecule has 0 aliphatic carbocycles. The van der Waals surface area contributed by atoms with Gasteiger partial charge in [0.05, 0.1) is 17.0 Å². The molecule has 1 aliphatic heterocycles. The lowest BCUT2D eigenvalue weighted by Crippen LogP contribution is -2.50. The predicted molar refractivity (Wildman–Crippen MR) is 140 cm³/mol. The minimum atomic E-state index is -0.503. The van der Waals surface area contributed by atoms with Gasteiger partial charge in [0, 0.05) is 25.1 Å². The number of hydrogen-bond donors (Lipinski definition) is 3. The van der Waals surface area contributed by atoms with E-state index in [1.165, 1.54) is 0 Å². The van der Waals surface area contributed by atoms with Gasteiger partial charge in [-0.1, -0.05) is 44.2 Å². The van der Waals surface area contributed by atoms with Gasteiger partial charge in [0.1, 0.15) is 5.75 Å². The molecule has 1 atom stereocenters. The van der Waals surface area contributed by atoms with Gasteiger partial charge < -0.3 is 9.64 Å². The quantitative estimate of drug-likeness (QED) is 0.337. The van der Waals surface area contributed by atoms with Crippen molar-refractivity contribution in [1.82, 2.24) is 21.1 Å². The van der Waals surface area contributed by atoms with E-state index in [0.29, 0.717) is 41.4 Å². The van der Waals surface area contributed by atoms with Crippen molar-refractivity contribution in [2.75, 3.05) is 13.2 Å². The van der Waals surface area contributed by atoms with Crippen LogP contribution in [-0.4, -0.2) is 40.9 Å². The van der Waals surface area contributed by atoms with E-state index >= 15 is 0 Å². The van der Waals surface area contributed by atoms with Crippen molar-refractivity contribution in [2.45, 2.75) is 33.2 Å². The Morgan fingerprint density at radius 1 is 1.17 bits per heavy atom. The van der Waals surface area contributed by atoms with Crippen LogP contribution in [0.4, 0.5) is 0 Å². The van der Waals surface area contributed by atoms with Gasteiger partial charge >= 0.3 is 0 Å². The Bertz CT molecular complexity index is 1080. The standard InChI is InChI=1S/C25H29BrN4O4S/c1-16(2)10-11-34-21-9-8-18(12-20(21)26)23(32)27-25(35)29-28-24(33)19-13-22(31)30(15-19)14-17-6-4-3-5-7-17/h3-9,12,16,19H,10-11,13-15H2,1-2H3,(H,28,33)(H2,27,29,32,35). The molecule has 10 heteroatoms. The second kappa shape index (κ2) is 12.6. The number of benzene rings is 2. The Morgan fingerprint density at radius 2 is 1.91 bits per heavy atom. The number of nitrogens with zero attached hydrogens (tertiary/aromatic N) is 1. The number of ether oxygens (including phenoxy) is 1. The second-order valence-corrected chi connectivity index (χ2v) is 10.00. The number of likely N-dealkylation sites (tertiary alicyclic amines) is 1. The first-order valence-corrected chi connectivity index (χ1v) is 12.6. The molecule has 3 amide bonds. The molecule has 0 aromatic heterocycles. The van der Waals surface area contributed by atoms with Crippen LogP contribution in [0.1, 0.15) is 42.6 Å². The number of rotatable bonds is 8. The van der Waals surface area contributed by atoms with E-state index in [0.717, 1.165) is 12.0 Å². The normalized spacial score (nSPS) is 15.1. The van der Waals surface area contributed by atoms with E-state index in [-0.39, 0.29) is 23.3 Å². The Balaban J connectivity index is 1.44. The molecule has 186 valence electrons. The van der Waals surface area contributed by atoms with Crippen molar-refractivity contribution in [3.63, 3.8) is 0 Å². The zero-order valence-corrected chi connectivity index (χ0v) is 22.1. The van der Waals surface area contributed by atoms with E-state index in [2.05, 4.69) is 45.9 Å². The largest absolute Gasteiger partial charge is 0.492 e. The van der Waals surface area contributed by atoms with E-state index in [1.807, 2.05) is 30.3 Å². The smallest absolute Gasteiger partial charge is 0.257 e. The summed E-state index contributed by atoms with van der Waals surface area (Å²) >= 11 is 8.55. The fourth-order valence-electron chi connectivity index (χ4n) is 3.50. The van der Waals surface area contributed by atoms with Crippen molar-refractivity contribution < 1.29 is 19.1 Å². The topological polar surface area (TPSA) is 99.8 Å². The fourth-order valence-corrected chi connectivity index (χ4v) is 4.13. The van der Waals surface area contributed by atoms with Crippen LogP contribution in [-0.2, 0) is 16.1 Å². The van der Waals surface area contributed by atoms with Gasteiger partial charge in [-0.25, -0.2) is 0 Å². The molecule has 3 rings (SSSR count). The Kier molecular flexibility index (Phi) is 9.62. The highest BCUT2D eigenvalue weighted by Crippen LogP contribution is 2.26. The number of hydrogen-bond acceptors (Lipinski definition) is 5. The Morgan fingerprint density at radius 3 is 2.60 bits per heavy atom. The summed E-state index contributed by atoms with van der Waals surface area (Å²) in [5.41, 5.74) is 6.41. The highest BCUT2D eigenvalue weighted by molar-refractivity contribution is 9.10. The first-order valence-electron chi connectivity index (χ1n) is 11.4. The first kappa shape index (κ1) is 26.6. The summed E-state index contributed by atoms with van der Waals surface area (Å²) in [5.74, 6) is -0.186. The number of halogens is 1. The monoisotopic (exact) mass is 560 g/mol. The van der Waals surface area contributed by atoms with Gasteiger partial charge in [-0.2, -0.15) is 0 Å². The molecule has 0 spiro atoms. The summed E-state index contributed by atoms with van der Waals surface area (Å²) in [5, 5.41) is 2.47. The molecular formula is C25H29BrN4O4S. The third-order valence-electron chi connectivity index (χ3n) is 5.47. The summed E-state index contributed by atoms with van der Waals surface area (Å²) in [4.78, 5) is 39.0. The van der Waals surface area contributed by atoms with E-state index in [4.69, 9.17) is 17.0 Å². The lowest BCUT2D eigenvalue weighted by molar-refractivity contribution is -0.129. The van der Waals surface area contributed by atoms with Crippen molar-refractivity contribution in [3.05, 3.63) is 64.1 Å². The minimum Gasteiger partial charge on any atom is -0.492 e. The van der Waals surface area contributed by atoms with Crippen LogP contribution in [0.2, 0.25) is 0 Å². The Labute approximate surface area is 218 Å². The molecule has 1 fully saturated rings. The predicted octanol–water partition coefficient (Wildman–Crippen LogP) is 3.56. The molecule has 35 heavy (non-hydrogen) atoms. The van der Waals surface area contributed by atoms with Gasteiger partial charge in [-0.3, -0.25) is 30.6 Å². The van der Waals surface area contributed by atoms with Crippen LogP contribution in [0.5, 0.6) is 5.75 Å². The highest BCUT2D eigenvalue weighted by atomic mass is 79.9. The zero-order chi connectivity index (χ0) is 25.4. The maximum atomic E-state index is 12.5. The average Bonchev–Trinajstić information content (AvgIpc) is 3.19. The van der Waals surface area contributed by atoms with Crippen molar-refractivity contribution in [1.29, 1.82) is 0 Å². The van der Waals surface area contributed by atoms with Crippen LogP contribution in [0, 0.1) is 11.8 Å². The molecule has 1 aliphatic rings. The number of nitrogens with one attached hydrogen (secondary N) is 3. The number of carbonyl (C=O) groups is 3. The molecule has 8 nitrogen and oxygen atoms in total. The lowest BCUT2D eigenvalue weighted by Gasteiger charge is -2.17. The van der Waals surface area contributed by atoms with E-state index in [1.54, 1.807) is 23.1 Å². The molecule has 0 saturated carbocycles. The third kappa shape index (κ3) is 8.03. The molecule has 0 bridgehead atoms. The third-order valence-corrected chi connectivity index (χ3v) is 6.30. The number of thiocarbonyl (C=S) groups is 1. The number of hydrazine groups is 1. The van der Waals surface area contributed by atoms with Gasteiger partial charge in [0.15, 0.2) is 5.11 Å². The van der Waals surface area contributed by atoms with Crippen molar-refractivity contribution in [3.8, 4) is 5.75 Å². The Hall–Kier alpha value is -2.98. The SMILES string of the molecule is CC(C)CCOc1ccc(C(=O)NC(=S)NNC(=O)C2CC(=O)N(Cc3ccccc3)C2)cc1Br. The lowest BCUT2D eigenvalue weighted by atomic mass is 10.1. The maximum Gasteiger partial charge on any atom is 0.257 e. The van der Waals surface area contributed by atoms with Crippen LogP contribution < -0.4 is 20.9 Å². The molecular weight excluding hydrogens is 532 g/mol. The van der Waals surface area contributed by atoms with Crippen LogP contribution in [0.25, 0.3) is 0 Å². The molecule has 1 heterocycles. The van der Waals surface area contributed by atoms with Gasteiger partial charge in [0.2, 0.25) is 11.8 Å². The van der Waals surface area contributed by atoms with Crippen LogP contribution >= 0.6 is 28.1 Å². The second-order valence-electron chi connectivity index (χ2n) is 8.73. The van der Waals surface area contributed by atoms with Gasteiger partial charge in [0.25, 0.3) is 5.91 Å². The first-order chi connectivity index (χ1) is 16.7.